The van der Waals surface area contributed by atoms with Crippen LogP contribution in [0.5, 0.6) is 0 Å². The Balaban J connectivity index is 0.00000169. The number of hydrogen-bond donors (Lipinski definition) is 2. The van der Waals surface area contributed by atoms with Crippen molar-refractivity contribution in [2.75, 3.05) is 0 Å². The molecule has 1 heterocycles. The van der Waals surface area contributed by atoms with Gasteiger partial charge in [-0.05, 0) is 6.07 Å². The van der Waals surface area contributed by atoms with E-state index >= 15 is 0 Å². The number of aromatic nitrogens is 1. The van der Waals surface area contributed by atoms with Gasteiger partial charge in [0.25, 0.3) is 0 Å². The van der Waals surface area contributed by atoms with Crippen LogP contribution < -0.4 is 5.46 Å². The minimum Gasteiger partial charge on any atom is -0.423 e. The Morgan fingerprint density at radius 1 is 1.21 bits per heavy atom. The topological polar surface area (TPSA) is 84.9 Å². The maximum absolute atomic E-state index is 11.9. The lowest BCUT2D eigenvalue weighted by molar-refractivity contribution is -0.141. The molecule has 1 aromatic heterocycles. The molecular weight excluding hydrogens is 202 g/mol. The highest BCUT2D eigenvalue weighted by Gasteiger charge is 2.32. The predicted molar refractivity (Wildman–Crippen MR) is 42.7 cm³/mol. The van der Waals surface area contributed by atoms with Gasteiger partial charge >= 0.3 is 13.3 Å². The molecule has 0 bridgehead atoms. The molecule has 0 fully saturated rings. The molecule has 0 aliphatic rings. The molecule has 78 valence electrons. The van der Waals surface area contributed by atoms with E-state index in [0.717, 1.165) is 12.3 Å². The average molecular weight is 209 g/mol. The monoisotopic (exact) mass is 209 g/mol. The van der Waals surface area contributed by atoms with Crippen LogP contribution in [-0.4, -0.2) is 27.6 Å². The van der Waals surface area contributed by atoms with Crippen LogP contribution in [0.15, 0.2) is 18.3 Å². The third-order valence-corrected chi connectivity index (χ3v) is 1.37. The van der Waals surface area contributed by atoms with Crippen LogP contribution in [-0.2, 0) is 6.18 Å². The lowest BCUT2D eigenvalue weighted by atomic mass is 9.82. The van der Waals surface area contributed by atoms with Crippen LogP contribution >= 0.6 is 0 Å². The molecule has 0 spiro atoms. The van der Waals surface area contributed by atoms with Crippen molar-refractivity contribution in [3.8, 4) is 0 Å². The molecule has 0 amide bonds. The smallest absolute Gasteiger partial charge is 0.423 e. The molecule has 8 heteroatoms. The van der Waals surface area contributed by atoms with Gasteiger partial charge in [-0.3, -0.25) is 4.98 Å². The highest BCUT2D eigenvalue weighted by Crippen LogP contribution is 2.26. The molecule has 0 saturated carbocycles. The van der Waals surface area contributed by atoms with E-state index in [9.17, 15) is 13.2 Å². The van der Waals surface area contributed by atoms with Crippen LogP contribution in [0.25, 0.3) is 0 Å². The lowest BCUT2D eigenvalue weighted by Crippen LogP contribution is -2.30. The molecule has 0 aliphatic carbocycles. The van der Waals surface area contributed by atoms with Crippen molar-refractivity contribution < 1.29 is 28.7 Å². The van der Waals surface area contributed by atoms with Gasteiger partial charge in [-0.25, -0.2) is 0 Å². The molecule has 4 nitrogen and oxygen atoms in total. The van der Waals surface area contributed by atoms with Crippen molar-refractivity contribution in [2.24, 2.45) is 0 Å². The number of alkyl halides is 3. The summed E-state index contributed by atoms with van der Waals surface area (Å²) in [6.45, 7) is 0. The van der Waals surface area contributed by atoms with Gasteiger partial charge in [0.05, 0.1) is 0 Å². The third-order valence-electron chi connectivity index (χ3n) is 1.37. The Labute approximate surface area is 77.5 Å². The molecule has 0 atom stereocenters. The summed E-state index contributed by atoms with van der Waals surface area (Å²) in [6.07, 6.45) is -3.73. The van der Waals surface area contributed by atoms with Gasteiger partial charge in [-0.15, -0.1) is 0 Å². The van der Waals surface area contributed by atoms with Crippen molar-refractivity contribution in [1.29, 1.82) is 0 Å². The van der Waals surface area contributed by atoms with E-state index in [0.29, 0.717) is 6.07 Å². The SMILES string of the molecule is O.OB(O)c1ccc(C(F)(F)F)nc1. The lowest BCUT2D eigenvalue weighted by Gasteiger charge is -2.05. The second-order valence-electron chi connectivity index (χ2n) is 2.35. The Morgan fingerprint density at radius 2 is 1.79 bits per heavy atom. The number of nitrogens with zero attached hydrogens (tertiary/aromatic N) is 1. The van der Waals surface area contributed by atoms with Crippen LogP contribution in [0, 0.1) is 0 Å². The van der Waals surface area contributed by atoms with E-state index < -0.39 is 19.0 Å². The fraction of sp³-hybridized carbons (Fsp3) is 0.167. The van der Waals surface area contributed by atoms with E-state index in [2.05, 4.69) is 4.98 Å². The van der Waals surface area contributed by atoms with Gasteiger partial charge in [0, 0.05) is 11.7 Å². The molecule has 0 radical (unpaired) electrons. The van der Waals surface area contributed by atoms with Gasteiger partial charge in [-0.1, -0.05) is 6.07 Å². The van der Waals surface area contributed by atoms with Crippen molar-refractivity contribution in [2.45, 2.75) is 6.18 Å². The fourth-order valence-corrected chi connectivity index (χ4v) is 0.726. The normalized spacial score (nSPS) is 10.6. The average Bonchev–Trinajstić information content (AvgIpc) is 2.03. The van der Waals surface area contributed by atoms with Crippen molar-refractivity contribution >= 4 is 12.6 Å². The molecule has 0 saturated heterocycles. The van der Waals surface area contributed by atoms with E-state index in [-0.39, 0.29) is 10.9 Å². The zero-order valence-corrected chi connectivity index (χ0v) is 6.78. The largest absolute Gasteiger partial charge is 0.490 e. The third kappa shape index (κ3) is 2.98. The van der Waals surface area contributed by atoms with Crippen LogP contribution in [0.2, 0.25) is 0 Å². The van der Waals surface area contributed by atoms with Gasteiger partial charge in [0.1, 0.15) is 5.69 Å². The number of halogens is 3. The fourth-order valence-electron chi connectivity index (χ4n) is 0.726. The second-order valence-corrected chi connectivity index (χ2v) is 2.35. The van der Waals surface area contributed by atoms with E-state index in [1.54, 1.807) is 0 Å². The van der Waals surface area contributed by atoms with Gasteiger partial charge < -0.3 is 15.5 Å². The Hall–Kier alpha value is -1.12. The number of rotatable bonds is 1. The molecule has 4 N–H and O–H groups in total. The van der Waals surface area contributed by atoms with Gasteiger partial charge in [0.15, 0.2) is 0 Å². The first-order valence-electron chi connectivity index (χ1n) is 3.30. The van der Waals surface area contributed by atoms with Crippen molar-refractivity contribution in [3.63, 3.8) is 0 Å². The van der Waals surface area contributed by atoms with Crippen LogP contribution in [0.3, 0.4) is 0 Å². The molecule has 1 aromatic rings. The summed E-state index contributed by atoms with van der Waals surface area (Å²) < 4.78 is 35.8. The minimum absolute atomic E-state index is 0. The van der Waals surface area contributed by atoms with Crippen LogP contribution in [0.4, 0.5) is 13.2 Å². The zero-order chi connectivity index (χ0) is 10.1. The summed E-state index contributed by atoms with van der Waals surface area (Å²) >= 11 is 0. The second kappa shape index (κ2) is 4.40. The van der Waals surface area contributed by atoms with E-state index in [1.807, 2.05) is 0 Å². The molecule has 0 aromatic carbocycles. The van der Waals surface area contributed by atoms with E-state index in [1.165, 1.54) is 0 Å². The first-order valence-corrected chi connectivity index (χ1v) is 3.30. The van der Waals surface area contributed by atoms with Crippen LogP contribution in [0.1, 0.15) is 5.69 Å². The summed E-state index contributed by atoms with van der Waals surface area (Å²) in [7, 11) is -1.80. The van der Waals surface area contributed by atoms with Crippen molar-refractivity contribution in [3.05, 3.63) is 24.0 Å². The summed E-state index contributed by atoms with van der Waals surface area (Å²) in [5.74, 6) is 0. The Morgan fingerprint density at radius 3 is 2.07 bits per heavy atom. The molecule has 14 heavy (non-hydrogen) atoms. The Kier molecular flexibility index (Phi) is 4.05. The maximum Gasteiger partial charge on any atom is 0.490 e. The highest BCUT2D eigenvalue weighted by molar-refractivity contribution is 6.58. The Bertz CT molecular complexity index is 287. The first kappa shape index (κ1) is 12.9. The summed E-state index contributed by atoms with van der Waals surface area (Å²) in [5, 5.41) is 17.1. The minimum atomic E-state index is -4.50. The highest BCUT2D eigenvalue weighted by atomic mass is 19.4. The molecule has 1 rings (SSSR count). The molecular formula is C6H7BF3NO3. The summed E-state index contributed by atoms with van der Waals surface area (Å²) in [6, 6.07) is 1.65. The standard InChI is InChI=1S/C6H5BF3NO2.H2O/c8-6(9,10)5-2-1-4(3-11-5)7(12)13;/h1-3,12-13H;1H2. The van der Waals surface area contributed by atoms with E-state index in [4.69, 9.17) is 10.0 Å². The van der Waals surface area contributed by atoms with Gasteiger partial charge in [-0.2, -0.15) is 13.2 Å². The number of pyridine rings is 1. The van der Waals surface area contributed by atoms with Gasteiger partial charge in [0.2, 0.25) is 0 Å². The molecule has 0 aliphatic heterocycles. The summed E-state index contributed by atoms with van der Waals surface area (Å²) in [4.78, 5) is 3.03. The quantitative estimate of drug-likeness (QED) is 0.579. The predicted octanol–water partition coefficient (Wildman–Crippen LogP) is -1.04. The molecule has 0 unspecified atom stereocenters. The first-order chi connectivity index (χ1) is 5.91. The van der Waals surface area contributed by atoms with Crippen molar-refractivity contribution in [1.82, 2.24) is 4.98 Å². The summed E-state index contributed by atoms with van der Waals surface area (Å²) in [5.41, 5.74) is -1.13. The zero-order valence-electron chi connectivity index (χ0n) is 6.78. The number of hydrogen-bond acceptors (Lipinski definition) is 3. The maximum atomic E-state index is 11.9.